The van der Waals surface area contributed by atoms with Gasteiger partial charge in [0.15, 0.2) is 0 Å². The average molecular weight is 296 g/mol. The van der Waals surface area contributed by atoms with Crippen LogP contribution in [0.25, 0.3) is 6.08 Å². The number of likely N-dealkylation sites (N-methyl/N-ethyl adjacent to an activating group) is 1. The fourth-order valence-corrected chi connectivity index (χ4v) is 2.42. The highest BCUT2D eigenvalue weighted by Crippen LogP contribution is 2.23. The fourth-order valence-electron chi connectivity index (χ4n) is 1.43. The lowest BCUT2D eigenvalue weighted by Crippen LogP contribution is -2.37. The number of hydrogen-bond acceptors (Lipinski definition) is 4. The number of aliphatic carboxylic acids is 1. The number of amides is 1. The molecule has 0 fully saturated rings. The Bertz CT molecular complexity index is 520. The van der Waals surface area contributed by atoms with E-state index in [2.05, 4.69) is 5.32 Å². The molecule has 1 aromatic rings. The molecule has 0 saturated heterocycles. The van der Waals surface area contributed by atoms with Gasteiger partial charge < -0.3 is 15.3 Å². The van der Waals surface area contributed by atoms with Gasteiger partial charge in [-0.2, -0.15) is 0 Å². The summed E-state index contributed by atoms with van der Waals surface area (Å²) in [5.41, 5.74) is 0.901. The van der Waals surface area contributed by atoms with Gasteiger partial charge in [0.1, 0.15) is 0 Å². The number of carbonyl (C=O) groups excluding carboxylic acids is 1. The van der Waals surface area contributed by atoms with Gasteiger partial charge in [0.05, 0.1) is 4.88 Å². The van der Waals surface area contributed by atoms with Crippen molar-refractivity contribution in [1.82, 2.24) is 10.2 Å². The molecule has 0 aliphatic rings. The monoisotopic (exact) mass is 296 g/mol. The SMILES string of the molecule is Cc1cc(C(=O)NCC(C)N(C)C)sc1/C=C/C(=O)O. The number of rotatable bonds is 6. The molecule has 0 aliphatic heterocycles. The Balaban J connectivity index is 2.70. The second kappa shape index (κ2) is 7.21. The molecule has 0 radical (unpaired) electrons. The van der Waals surface area contributed by atoms with E-state index in [1.54, 1.807) is 6.07 Å². The van der Waals surface area contributed by atoms with E-state index < -0.39 is 5.97 Å². The van der Waals surface area contributed by atoms with Gasteiger partial charge in [0.25, 0.3) is 5.91 Å². The second-order valence-electron chi connectivity index (χ2n) is 4.85. The first-order valence-electron chi connectivity index (χ1n) is 6.27. The van der Waals surface area contributed by atoms with Crippen LogP contribution in [-0.4, -0.2) is 48.6 Å². The molecule has 110 valence electrons. The molecular formula is C14H20N2O3S. The van der Waals surface area contributed by atoms with E-state index in [-0.39, 0.29) is 11.9 Å². The fraction of sp³-hybridized carbons (Fsp3) is 0.429. The number of nitrogens with zero attached hydrogens (tertiary/aromatic N) is 1. The van der Waals surface area contributed by atoms with Crippen LogP contribution >= 0.6 is 11.3 Å². The number of carboxylic acids is 1. The van der Waals surface area contributed by atoms with Crippen LogP contribution in [0.5, 0.6) is 0 Å². The van der Waals surface area contributed by atoms with Gasteiger partial charge in [0.2, 0.25) is 0 Å². The Morgan fingerprint density at radius 3 is 2.70 bits per heavy atom. The average Bonchev–Trinajstić information content (AvgIpc) is 2.74. The summed E-state index contributed by atoms with van der Waals surface area (Å²) in [6, 6.07) is 2.04. The molecule has 1 heterocycles. The molecule has 0 spiro atoms. The quantitative estimate of drug-likeness (QED) is 0.786. The first kappa shape index (κ1) is 16.4. The van der Waals surface area contributed by atoms with Crippen molar-refractivity contribution in [2.45, 2.75) is 19.9 Å². The Morgan fingerprint density at radius 2 is 2.15 bits per heavy atom. The predicted molar refractivity (Wildman–Crippen MR) is 81.2 cm³/mol. The molecule has 0 aromatic carbocycles. The van der Waals surface area contributed by atoms with E-state index in [1.165, 1.54) is 17.4 Å². The van der Waals surface area contributed by atoms with Crippen LogP contribution < -0.4 is 5.32 Å². The van der Waals surface area contributed by atoms with Crippen molar-refractivity contribution in [2.24, 2.45) is 0 Å². The first-order valence-corrected chi connectivity index (χ1v) is 7.09. The number of carboxylic acid groups (broad SMARTS) is 1. The lowest BCUT2D eigenvalue weighted by molar-refractivity contribution is -0.131. The van der Waals surface area contributed by atoms with E-state index in [0.29, 0.717) is 11.4 Å². The molecule has 6 heteroatoms. The maximum atomic E-state index is 12.0. The summed E-state index contributed by atoms with van der Waals surface area (Å²) in [5, 5.41) is 11.5. The maximum Gasteiger partial charge on any atom is 0.328 e. The van der Waals surface area contributed by atoms with Crippen LogP contribution in [0.4, 0.5) is 0 Å². The Labute approximate surface area is 122 Å². The summed E-state index contributed by atoms with van der Waals surface area (Å²) >= 11 is 1.29. The zero-order valence-corrected chi connectivity index (χ0v) is 13.0. The summed E-state index contributed by atoms with van der Waals surface area (Å²) in [7, 11) is 3.92. The molecular weight excluding hydrogens is 276 g/mol. The van der Waals surface area contributed by atoms with Crippen molar-refractivity contribution in [1.29, 1.82) is 0 Å². The lowest BCUT2D eigenvalue weighted by atomic mass is 10.2. The van der Waals surface area contributed by atoms with Gasteiger partial charge >= 0.3 is 5.97 Å². The number of carbonyl (C=O) groups is 2. The van der Waals surface area contributed by atoms with Gasteiger partial charge in [-0.3, -0.25) is 4.79 Å². The zero-order valence-electron chi connectivity index (χ0n) is 12.1. The minimum absolute atomic E-state index is 0.123. The van der Waals surface area contributed by atoms with Gasteiger partial charge in [-0.15, -0.1) is 11.3 Å². The highest BCUT2D eigenvalue weighted by molar-refractivity contribution is 7.15. The molecule has 0 saturated carbocycles. The third kappa shape index (κ3) is 4.79. The summed E-state index contributed by atoms with van der Waals surface area (Å²) in [5.74, 6) is -1.12. The Hall–Kier alpha value is -1.66. The first-order chi connectivity index (χ1) is 9.31. The molecule has 20 heavy (non-hydrogen) atoms. The van der Waals surface area contributed by atoms with Gasteiger partial charge in [-0.1, -0.05) is 0 Å². The van der Waals surface area contributed by atoms with E-state index in [0.717, 1.165) is 16.5 Å². The topological polar surface area (TPSA) is 69.6 Å². The normalized spacial score (nSPS) is 12.8. The van der Waals surface area contributed by atoms with Crippen LogP contribution in [0.2, 0.25) is 0 Å². The van der Waals surface area contributed by atoms with Gasteiger partial charge in [-0.25, -0.2) is 4.79 Å². The largest absolute Gasteiger partial charge is 0.478 e. The molecule has 5 nitrogen and oxygen atoms in total. The summed E-state index contributed by atoms with van der Waals surface area (Å²) in [4.78, 5) is 25.9. The Morgan fingerprint density at radius 1 is 1.50 bits per heavy atom. The van der Waals surface area contributed by atoms with Crippen LogP contribution in [-0.2, 0) is 4.79 Å². The highest BCUT2D eigenvalue weighted by atomic mass is 32.1. The summed E-state index contributed by atoms with van der Waals surface area (Å²) in [6.45, 7) is 4.46. The predicted octanol–water partition coefficient (Wildman–Crippen LogP) is 1.83. The molecule has 1 unspecified atom stereocenters. The molecule has 1 atom stereocenters. The lowest BCUT2D eigenvalue weighted by Gasteiger charge is -2.19. The van der Waals surface area contributed by atoms with Crippen LogP contribution in [0, 0.1) is 6.92 Å². The van der Waals surface area contributed by atoms with E-state index in [9.17, 15) is 9.59 Å². The van der Waals surface area contributed by atoms with Gasteiger partial charge in [-0.05, 0) is 45.6 Å². The minimum atomic E-state index is -0.997. The molecule has 0 aliphatic carbocycles. The van der Waals surface area contributed by atoms with Crippen molar-refractivity contribution in [3.05, 3.63) is 27.5 Å². The van der Waals surface area contributed by atoms with E-state index >= 15 is 0 Å². The molecule has 1 rings (SSSR count). The molecule has 1 aromatic heterocycles. The zero-order chi connectivity index (χ0) is 15.3. The van der Waals surface area contributed by atoms with E-state index in [4.69, 9.17) is 5.11 Å². The third-order valence-corrected chi connectivity index (χ3v) is 4.20. The van der Waals surface area contributed by atoms with Crippen molar-refractivity contribution in [3.8, 4) is 0 Å². The van der Waals surface area contributed by atoms with Crippen molar-refractivity contribution in [3.63, 3.8) is 0 Å². The van der Waals surface area contributed by atoms with Crippen molar-refractivity contribution in [2.75, 3.05) is 20.6 Å². The number of thiophene rings is 1. The molecule has 0 bridgehead atoms. The molecule has 2 N–H and O–H groups in total. The number of nitrogens with one attached hydrogen (secondary N) is 1. The minimum Gasteiger partial charge on any atom is -0.478 e. The van der Waals surface area contributed by atoms with Crippen molar-refractivity contribution >= 4 is 29.3 Å². The summed E-state index contributed by atoms with van der Waals surface area (Å²) < 4.78 is 0. The van der Waals surface area contributed by atoms with Crippen LogP contribution in [0.3, 0.4) is 0 Å². The van der Waals surface area contributed by atoms with Gasteiger partial charge in [0, 0.05) is 23.5 Å². The van der Waals surface area contributed by atoms with E-state index in [1.807, 2.05) is 32.8 Å². The third-order valence-electron chi connectivity index (χ3n) is 3.00. The standard InChI is InChI=1S/C14H20N2O3S/c1-9-7-12(20-11(9)5-6-13(17)18)14(19)15-8-10(2)16(3)4/h5-7,10H,8H2,1-4H3,(H,15,19)(H,17,18)/b6-5+. The second-order valence-corrected chi connectivity index (χ2v) is 5.94. The smallest absolute Gasteiger partial charge is 0.328 e. The molecule has 1 amide bonds. The van der Waals surface area contributed by atoms with Crippen LogP contribution in [0.15, 0.2) is 12.1 Å². The van der Waals surface area contributed by atoms with Crippen LogP contribution in [0.1, 0.15) is 27.0 Å². The maximum absolute atomic E-state index is 12.0. The van der Waals surface area contributed by atoms with Crippen molar-refractivity contribution < 1.29 is 14.7 Å². The number of hydrogen-bond donors (Lipinski definition) is 2. The number of aryl methyl sites for hydroxylation is 1. The Kier molecular flexibility index (Phi) is 5.91. The summed E-state index contributed by atoms with van der Waals surface area (Å²) in [6.07, 6.45) is 2.59. The highest BCUT2D eigenvalue weighted by Gasteiger charge is 2.13.